The highest BCUT2D eigenvalue weighted by Gasteiger charge is 2.47. The molecule has 3 N–H and O–H groups in total. The van der Waals surface area contributed by atoms with Gasteiger partial charge in [0.25, 0.3) is 5.91 Å². The summed E-state index contributed by atoms with van der Waals surface area (Å²) in [5.41, 5.74) is 0.911. The van der Waals surface area contributed by atoms with E-state index in [0.29, 0.717) is 23.9 Å². The van der Waals surface area contributed by atoms with Crippen molar-refractivity contribution in [3.63, 3.8) is 0 Å². The van der Waals surface area contributed by atoms with Gasteiger partial charge in [0.2, 0.25) is 0 Å². The standard InChI is InChI=1S/C25H38N2O4/c1-16-5-7-20-19(15-16)22-21(31-25(20,2)3)8-6-18(23(22)29)24(30)26-11-4-12-27-13-9-17(28)10-14-27/h6,8,16-17,19-20,28-29H,4-5,7,9-15H2,1-3H3,(H,26,30)/t16-,19-,20-/m1/s1. The Bertz CT molecular complexity index is 801. The lowest BCUT2D eigenvalue weighted by Gasteiger charge is -2.48. The van der Waals surface area contributed by atoms with E-state index in [9.17, 15) is 15.0 Å². The van der Waals surface area contributed by atoms with Gasteiger partial charge in [-0.2, -0.15) is 0 Å². The van der Waals surface area contributed by atoms with Gasteiger partial charge in [-0.3, -0.25) is 4.79 Å². The molecule has 4 rings (SSSR count). The van der Waals surface area contributed by atoms with Crippen molar-refractivity contribution in [3.8, 4) is 11.5 Å². The van der Waals surface area contributed by atoms with Crippen molar-refractivity contribution in [3.05, 3.63) is 23.3 Å². The molecule has 0 aromatic heterocycles. The number of fused-ring (bicyclic) bond motifs is 3. The number of carbonyl (C=O) groups excluding carboxylic acids is 1. The van der Waals surface area contributed by atoms with E-state index in [0.717, 1.165) is 63.1 Å². The quantitative estimate of drug-likeness (QED) is 0.621. The lowest BCUT2D eigenvalue weighted by atomic mass is 9.64. The van der Waals surface area contributed by atoms with E-state index in [2.05, 4.69) is 31.0 Å². The van der Waals surface area contributed by atoms with Crippen LogP contribution in [0.3, 0.4) is 0 Å². The van der Waals surface area contributed by atoms with Crippen LogP contribution in [0.2, 0.25) is 0 Å². The van der Waals surface area contributed by atoms with Crippen LogP contribution < -0.4 is 10.1 Å². The first-order chi connectivity index (χ1) is 14.8. The number of phenols is 1. The zero-order valence-corrected chi connectivity index (χ0v) is 19.2. The Morgan fingerprint density at radius 3 is 2.71 bits per heavy atom. The van der Waals surface area contributed by atoms with E-state index in [4.69, 9.17) is 4.74 Å². The predicted octanol–water partition coefficient (Wildman–Crippen LogP) is 3.66. The summed E-state index contributed by atoms with van der Waals surface area (Å²) in [7, 11) is 0. The molecule has 3 atom stereocenters. The lowest BCUT2D eigenvalue weighted by Crippen LogP contribution is -2.46. The summed E-state index contributed by atoms with van der Waals surface area (Å²) >= 11 is 0. The minimum atomic E-state index is -0.265. The molecular weight excluding hydrogens is 392 g/mol. The van der Waals surface area contributed by atoms with E-state index in [1.165, 1.54) is 6.42 Å². The summed E-state index contributed by atoms with van der Waals surface area (Å²) in [4.78, 5) is 15.2. The fraction of sp³-hybridized carbons (Fsp3) is 0.720. The second-order valence-electron chi connectivity index (χ2n) is 10.4. The zero-order valence-electron chi connectivity index (χ0n) is 19.2. The number of aliphatic hydroxyl groups is 1. The number of likely N-dealkylation sites (tertiary alicyclic amines) is 1. The molecule has 1 aromatic carbocycles. The van der Waals surface area contributed by atoms with Crippen LogP contribution in [0.5, 0.6) is 11.5 Å². The van der Waals surface area contributed by atoms with Gasteiger partial charge in [0.1, 0.15) is 17.1 Å². The van der Waals surface area contributed by atoms with Gasteiger partial charge >= 0.3 is 0 Å². The molecule has 1 amide bonds. The third-order valence-corrected chi connectivity index (χ3v) is 7.66. The summed E-state index contributed by atoms with van der Waals surface area (Å²) in [6, 6.07) is 3.55. The number of hydrogen-bond donors (Lipinski definition) is 3. The molecule has 1 aliphatic carbocycles. The van der Waals surface area contributed by atoms with E-state index >= 15 is 0 Å². The van der Waals surface area contributed by atoms with Gasteiger partial charge in [-0.1, -0.05) is 13.3 Å². The zero-order chi connectivity index (χ0) is 22.2. The number of benzene rings is 1. The van der Waals surface area contributed by atoms with Crippen LogP contribution in [0.1, 0.15) is 81.1 Å². The molecular formula is C25H38N2O4. The average Bonchev–Trinajstić information content (AvgIpc) is 2.71. The van der Waals surface area contributed by atoms with Crippen molar-refractivity contribution in [2.75, 3.05) is 26.2 Å². The second kappa shape index (κ2) is 8.99. The highest BCUT2D eigenvalue weighted by Crippen LogP contribution is 2.55. The van der Waals surface area contributed by atoms with Crippen LogP contribution >= 0.6 is 0 Å². The molecule has 0 unspecified atom stereocenters. The highest BCUT2D eigenvalue weighted by atomic mass is 16.5. The van der Waals surface area contributed by atoms with Crippen molar-refractivity contribution in [2.45, 2.75) is 76.9 Å². The molecule has 0 radical (unpaired) electrons. The van der Waals surface area contributed by atoms with Crippen molar-refractivity contribution in [2.24, 2.45) is 11.8 Å². The summed E-state index contributed by atoms with van der Waals surface area (Å²) < 4.78 is 6.30. The first kappa shape index (κ1) is 22.4. The average molecular weight is 431 g/mol. The summed E-state index contributed by atoms with van der Waals surface area (Å²) in [5.74, 6) is 1.78. The maximum absolute atomic E-state index is 12.8. The van der Waals surface area contributed by atoms with Gasteiger partial charge in [0.05, 0.1) is 11.7 Å². The summed E-state index contributed by atoms with van der Waals surface area (Å²) in [6.45, 7) is 9.87. The minimum absolute atomic E-state index is 0.0969. The van der Waals surface area contributed by atoms with Gasteiger partial charge < -0.3 is 25.2 Å². The fourth-order valence-corrected chi connectivity index (χ4v) is 5.85. The number of hydrogen-bond acceptors (Lipinski definition) is 5. The molecule has 6 nitrogen and oxygen atoms in total. The molecule has 172 valence electrons. The van der Waals surface area contributed by atoms with E-state index in [-0.39, 0.29) is 29.3 Å². The predicted molar refractivity (Wildman–Crippen MR) is 121 cm³/mol. The molecule has 2 aliphatic heterocycles. The normalized spacial score (nSPS) is 28.3. The largest absolute Gasteiger partial charge is 0.507 e. The van der Waals surface area contributed by atoms with Gasteiger partial charge in [-0.05, 0) is 76.5 Å². The first-order valence-electron chi connectivity index (χ1n) is 12.0. The molecule has 6 heteroatoms. The molecule has 0 spiro atoms. The Labute approximate surface area is 186 Å². The van der Waals surface area contributed by atoms with Crippen LogP contribution in [0.15, 0.2) is 12.1 Å². The second-order valence-corrected chi connectivity index (χ2v) is 10.4. The van der Waals surface area contributed by atoms with Crippen LogP contribution in [-0.2, 0) is 0 Å². The first-order valence-corrected chi connectivity index (χ1v) is 12.0. The Kier molecular flexibility index (Phi) is 6.50. The van der Waals surface area contributed by atoms with Gasteiger partial charge in [-0.25, -0.2) is 0 Å². The van der Waals surface area contributed by atoms with Crippen LogP contribution in [-0.4, -0.2) is 58.9 Å². The SMILES string of the molecule is C[C@@H]1CC[C@@H]2[C@@H](C1)c1c(ccc(C(=O)NCCCN3CCC(O)CC3)c1O)OC2(C)C. The maximum atomic E-state index is 12.8. The molecule has 1 aromatic rings. The van der Waals surface area contributed by atoms with Crippen LogP contribution in [0.25, 0.3) is 0 Å². The smallest absolute Gasteiger partial charge is 0.255 e. The number of ether oxygens (including phenoxy) is 1. The third kappa shape index (κ3) is 4.70. The summed E-state index contributed by atoms with van der Waals surface area (Å²) in [5, 5.41) is 23.7. The summed E-state index contributed by atoms with van der Waals surface area (Å²) in [6.07, 6.45) is 5.64. The molecule has 2 heterocycles. The van der Waals surface area contributed by atoms with Crippen molar-refractivity contribution < 1.29 is 19.7 Å². The Balaban J connectivity index is 1.42. The minimum Gasteiger partial charge on any atom is -0.507 e. The molecule has 3 aliphatic rings. The number of nitrogens with one attached hydrogen (secondary N) is 1. The molecule has 0 bridgehead atoms. The van der Waals surface area contributed by atoms with E-state index in [1.807, 2.05) is 6.07 Å². The number of aromatic hydroxyl groups is 1. The van der Waals surface area contributed by atoms with Gasteiger partial charge in [-0.15, -0.1) is 0 Å². The molecule has 1 saturated heterocycles. The number of rotatable bonds is 5. The molecule has 1 saturated carbocycles. The van der Waals surface area contributed by atoms with Gasteiger partial charge in [0.15, 0.2) is 0 Å². The molecule has 31 heavy (non-hydrogen) atoms. The number of phenolic OH excluding ortho intramolecular Hbond substituents is 1. The topological polar surface area (TPSA) is 82.0 Å². The van der Waals surface area contributed by atoms with Crippen LogP contribution in [0.4, 0.5) is 0 Å². The van der Waals surface area contributed by atoms with Crippen molar-refractivity contribution in [1.82, 2.24) is 10.2 Å². The van der Waals surface area contributed by atoms with Gasteiger partial charge in [0, 0.05) is 31.1 Å². The number of nitrogens with zero attached hydrogens (tertiary/aromatic N) is 1. The molecule has 2 fully saturated rings. The maximum Gasteiger partial charge on any atom is 0.255 e. The monoisotopic (exact) mass is 430 g/mol. The van der Waals surface area contributed by atoms with Crippen molar-refractivity contribution in [1.29, 1.82) is 0 Å². The number of aliphatic hydroxyl groups excluding tert-OH is 1. The Morgan fingerprint density at radius 2 is 1.97 bits per heavy atom. The third-order valence-electron chi connectivity index (χ3n) is 7.66. The number of amides is 1. The van der Waals surface area contributed by atoms with Crippen LogP contribution in [0, 0.1) is 11.8 Å². The van der Waals surface area contributed by atoms with E-state index < -0.39 is 0 Å². The Hall–Kier alpha value is -1.79. The van der Waals surface area contributed by atoms with E-state index in [1.54, 1.807) is 6.07 Å². The highest BCUT2D eigenvalue weighted by molar-refractivity contribution is 5.97. The Morgan fingerprint density at radius 1 is 1.23 bits per heavy atom. The lowest BCUT2D eigenvalue weighted by molar-refractivity contribution is -0.0145. The fourth-order valence-electron chi connectivity index (χ4n) is 5.85. The number of piperidine rings is 1. The number of carbonyl (C=O) groups is 1. The van der Waals surface area contributed by atoms with Crippen molar-refractivity contribution >= 4 is 5.91 Å².